The van der Waals surface area contributed by atoms with Crippen molar-refractivity contribution in [3.8, 4) is 0 Å². The van der Waals surface area contributed by atoms with E-state index >= 15 is 0 Å². The molecule has 14 heavy (non-hydrogen) atoms. The maximum atomic E-state index is 6.19. The quantitative estimate of drug-likeness (QED) is 0.689. The molecule has 0 radical (unpaired) electrons. The lowest BCUT2D eigenvalue weighted by atomic mass is 9.88. The van der Waals surface area contributed by atoms with Crippen LogP contribution in [0.3, 0.4) is 0 Å². The molecule has 0 aromatic carbocycles. The van der Waals surface area contributed by atoms with Gasteiger partial charge < -0.3 is 4.90 Å². The molecule has 4 atom stereocenters. The van der Waals surface area contributed by atoms with Crippen LogP contribution in [0.4, 0.5) is 0 Å². The molecule has 3 N–H and O–H groups in total. The van der Waals surface area contributed by atoms with E-state index in [0.29, 0.717) is 10.9 Å². The molecule has 4 heteroatoms. The Morgan fingerprint density at radius 3 is 2.93 bits per heavy atom. The van der Waals surface area contributed by atoms with Gasteiger partial charge in [-0.05, 0) is 19.3 Å². The van der Waals surface area contributed by atoms with Crippen LogP contribution in [-0.4, -0.2) is 29.7 Å². The van der Waals surface area contributed by atoms with Crippen molar-refractivity contribution in [3.63, 3.8) is 0 Å². The highest BCUT2D eigenvalue weighted by molar-refractivity contribution is 7.99. The average Bonchev–Trinajstić information content (AvgIpc) is 2.52. The smallest absolute Gasteiger partial charge is 0.187 e. The number of hydrogen-bond acceptors (Lipinski definition) is 2. The maximum absolute atomic E-state index is 6.19. The summed E-state index contributed by atoms with van der Waals surface area (Å²) < 4.78 is 0. The molecule has 0 amide bonds. The van der Waals surface area contributed by atoms with E-state index in [1.165, 1.54) is 44.5 Å². The third-order valence-electron chi connectivity index (χ3n) is 3.39. The summed E-state index contributed by atoms with van der Waals surface area (Å²) in [5.74, 6) is 2.05. The highest BCUT2D eigenvalue weighted by atomic mass is 35.5. The molecule has 0 aromatic heterocycles. The van der Waals surface area contributed by atoms with Crippen molar-refractivity contribution in [1.29, 1.82) is 0 Å². The lowest BCUT2D eigenvalue weighted by Gasteiger charge is -2.28. The first-order chi connectivity index (χ1) is 6.75. The van der Waals surface area contributed by atoms with Crippen LogP contribution in [-0.2, 0) is 0 Å². The summed E-state index contributed by atoms with van der Waals surface area (Å²) in [6.07, 6.45) is 5.11. The van der Waals surface area contributed by atoms with Crippen molar-refractivity contribution in [2.24, 2.45) is 11.7 Å². The van der Waals surface area contributed by atoms with Crippen LogP contribution < -0.4 is 10.6 Å². The Labute approximate surface area is 95.5 Å². The molecule has 0 spiro atoms. The first-order valence-electron chi connectivity index (χ1n) is 5.61. The highest BCUT2D eigenvalue weighted by Crippen LogP contribution is 2.27. The third kappa shape index (κ3) is 2.78. The third-order valence-corrected chi connectivity index (χ3v) is 4.92. The fourth-order valence-corrected chi connectivity index (χ4v) is 4.07. The van der Waals surface area contributed by atoms with E-state index in [0.717, 1.165) is 5.92 Å². The number of nitrogens with one attached hydrogen (secondary N) is 1. The van der Waals surface area contributed by atoms with Crippen LogP contribution in [0.1, 0.15) is 25.7 Å². The largest absolute Gasteiger partial charge is 0.310 e. The molecule has 2 fully saturated rings. The summed E-state index contributed by atoms with van der Waals surface area (Å²) in [6, 6.07) is 0. The van der Waals surface area contributed by atoms with Crippen LogP contribution in [0.5, 0.6) is 0 Å². The van der Waals surface area contributed by atoms with Gasteiger partial charge in [0.25, 0.3) is 0 Å². The molecule has 0 aromatic rings. The van der Waals surface area contributed by atoms with Crippen LogP contribution >= 0.6 is 23.4 Å². The van der Waals surface area contributed by atoms with Gasteiger partial charge in [-0.25, -0.2) is 0 Å². The first-order valence-corrected chi connectivity index (χ1v) is 7.10. The molecular weight excluding hydrogens is 216 g/mol. The zero-order chi connectivity index (χ0) is 9.97. The van der Waals surface area contributed by atoms with Gasteiger partial charge in [0.2, 0.25) is 0 Å². The van der Waals surface area contributed by atoms with E-state index in [1.54, 1.807) is 4.90 Å². The molecule has 2 aliphatic rings. The van der Waals surface area contributed by atoms with Crippen molar-refractivity contribution < 1.29 is 4.90 Å². The number of rotatable bonds is 2. The normalized spacial score (nSPS) is 44.1. The van der Waals surface area contributed by atoms with Crippen LogP contribution in [0.15, 0.2) is 0 Å². The number of thioether (sulfide) groups is 1. The summed E-state index contributed by atoms with van der Waals surface area (Å²) in [6.45, 7) is 2.49. The van der Waals surface area contributed by atoms with E-state index in [-0.39, 0.29) is 0 Å². The summed E-state index contributed by atoms with van der Waals surface area (Å²) in [4.78, 5) is 1.59. The predicted octanol–water partition coefficient (Wildman–Crippen LogP) is 0.658. The topological polar surface area (TPSA) is 30.5 Å². The second-order valence-corrected chi connectivity index (χ2v) is 6.40. The zero-order valence-electron chi connectivity index (χ0n) is 8.55. The maximum Gasteiger partial charge on any atom is 0.187 e. The summed E-state index contributed by atoms with van der Waals surface area (Å²) in [7, 11) is 0. The van der Waals surface area contributed by atoms with Crippen molar-refractivity contribution in [2.75, 3.05) is 18.8 Å². The Hall–Kier alpha value is 0.560. The molecule has 1 aliphatic heterocycles. The molecular formula is C10H20ClN2S+. The Morgan fingerprint density at radius 1 is 1.43 bits per heavy atom. The highest BCUT2D eigenvalue weighted by Gasteiger charge is 2.30. The molecule has 1 saturated heterocycles. The number of halogens is 1. The van der Waals surface area contributed by atoms with Gasteiger partial charge in [0.1, 0.15) is 0 Å². The van der Waals surface area contributed by atoms with E-state index in [2.05, 4.69) is 0 Å². The minimum atomic E-state index is 0.325. The monoisotopic (exact) mass is 235 g/mol. The number of hydrogen-bond donors (Lipinski definition) is 2. The van der Waals surface area contributed by atoms with Gasteiger partial charge in [-0.1, -0.05) is 18.2 Å². The van der Waals surface area contributed by atoms with Gasteiger partial charge in [0, 0.05) is 17.0 Å². The fraction of sp³-hybridized carbons (Fsp3) is 1.00. The summed E-state index contributed by atoms with van der Waals surface area (Å²) in [5.41, 5.74) is 6.35. The van der Waals surface area contributed by atoms with Crippen LogP contribution in [0.25, 0.3) is 0 Å². The first kappa shape index (κ1) is 11.1. The lowest BCUT2D eigenvalue weighted by molar-refractivity contribution is -0.906. The minimum Gasteiger partial charge on any atom is -0.310 e. The zero-order valence-corrected chi connectivity index (χ0v) is 10.1. The van der Waals surface area contributed by atoms with E-state index in [4.69, 9.17) is 17.3 Å². The Kier molecular flexibility index (Phi) is 4.00. The second-order valence-electron chi connectivity index (χ2n) is 4.53. The molecule has 1 saturated carbocycles. The minimum absolute atomic E-state index is 0.325. The number of nitrogens with two attached hydrogens (primary N) is 1. The van der Waals surface area contributed by atoms with Gasteiger partial charge in [0.15, 0.2) is 5.50 Å². The second kappa shape index (κ2) is 5.06. The molecule has 1 heterocycles. The van der Waals surface area contributed by atoms with E-state index < -0.39 is 0 Å². The van der Waals surface area contributed by atoms with Crippen LogP contribution in [0, 0.1) is 5.92 Å². The summed E-state index contributed by atoms with van der Waals surface area (Å²) in [5, 5.41) is 0.430. The Morgan fingerprint density at radius 2 is 2.29 bits per heavy atom. The molecule has 2 nitrogen and oxygen atoms in total. The predicted molar refractivity (Wildman–Crippen MR) is 62.7 cm³/mol. The van der Waals surface area contributed by atoms with Crippen molar-refractivity contribution in [3.05, 3.63) is 0 Å². The van der Waals surface area contributed by atoms with E-state index in [9.17, 15) is 0 Å². The lowest BCUT2D eigenvalue weighted by Crippen LogP contribution is -3.15. The number of alkyl halides is 1. The summed E-state index contributed by atoms with van der Waals surface area (Å²) >= 11 is 8.09. The Bertz CT molecular complexity index is 191. The average molecular weight is 236 g/mol. The van der Waals surface area contributed by atoms with Gasteiger partial charge in [-0.2, -0.15) is 0 Å². The van der Waals surface area contributed by atoms with Crippen LogP contribution in [0.2, 0.25) is 0 Å². The van der Waals surface area contributed by atoms with Gasteiger partial charge >= 0.3 is 0 Å². The van der Waals surface area contributed by atoms with E-state index in [1.807, 2.05) is 11.8 Å². The molecule has 1 aliphatic carbocycles. The standard InChI is InChI=1S/C10H19ClN2S/c11-9-3-1-2-8(6-9)7-13-4-5-14-10(13)12/h8-10H,1-7,12H2/p+1. The SMILES string of the molecule is NC1SCC[NH+]1CC1CCCC(Cl)C1. The number of quaternary nitrogens is 1. The van der Waals surface area contributed by atoms with Gasteiger partial charge in [-0.15, -0.1) is 11.6 Å². The Balaban J connectivity index is 1.78. The van der Waals surface area contributed by atoms with Crippen molar-refractivity contribution >= 4 is 23.4 Å². The fourth-order valence-electron chi connectivity index (χ4n) is 2.58. The van der Waals surface area contributed by atoms with Gasteiger partial charge in [-0.3, -0.25) is 5.73 Å². The molecule has 2 rings (SSSR count). The van der Waals surface area contributed by atoms with Crippen molar-refractivity contribution in [2.45, 2.75) is 36.6 Å². The molecule has 0 bridgehead atoms. The molecule has 4 unspecified atom stereocenters. The van der Waals surface area contributed by atoms with Gasteiger partial charge in [0.05, 0.1) is 13.1 Å². The van der Waals surface area contributed by atoms with Crippen molar-refractivity contribution in [1.82, 2.24) is 0 Å². The molecule has 82 valence electrons.